The number of carbonyl (C=O) groups is 2. The number of hydrogen-bond acceptors (Lipinski definition) is 5. The van der Waals surface area contributed by atoms with Crippen molar-refractivity contribution < 1.29 is 14.3 Å². The van der Waals surface area contributed by atoms with Crippen LogP contribution in [0.5, 0.6) is 0 Å². The molecule has 4 N–H and O–H groups in total. The Bertz CT molecular complexity index is 491. The van der Waals surface area contributed by atoms with E-state index in [0.29, 0.717) is 25.3 Å². The average Bonchev–Trinajstić information content (AvgIpc) is 2.41. The number of ether oxygens (including phenoxy) is 1. The summed E-state index contributed by atoms with van der Waals surface area (Å²) in [7, 11) is 0. The van der Waals surface area contributed by atoms with E-state index >= 15 is 0 Å². The molecule has 0 aliphatic carbocycles. The van der Waals surface area contributed by atoms with Crippen LogP contribution in [0.2, 0.25) is 0 Å². The first-order valence-electron chi connectivity index (χ1n) is 7.01. The van der Waals surface area contributed by atoms with Crippen molar-refractivity contribution in [1.29, 1.82) is 0 Å². The van der Waals surface area contributed by atoms with Crippen LogP contribution in [0.3, 0.4) is 0 Å². The van der Waals surface area contributed by atoms with Crippen molar-refractivity contribution in [2.24, 2.45) is 5.73 Å². The van der Waals surface area contributed by atoms with Crippen LogP contribution in [0, 0.1) is 0 Å². The highest BCUT2D eigenvalue weighted by Crippen LogP contribution is 2.17. The van der Waals surface area contributed by atoms with E-state index in [9.17, 15) is 9.59 Å². The lowest BCUT2D eigenvalue weighted by atomic mass is 10.1. The molecule has 116 valence electrons. The standard InChI is InChI=1S/C15H23N3O3/c1-3-13(15(20)21-4-2)18(10-14(17)19)9-11-7-5-6-8-12(11)16/h5-8,13H,3-4,9-10,16H2,1-2H3,(H2,17,19). The summed E-state index contributed by atoms with van der Waals surface area (Å²) in [6.45, 7) is 4.26. The van der Waals surface area contributed by atoms with Gasteiger partial charge >= 0.3 is 5.97 Å². The number of nitrogens with two attached hydrogens (primary N) is 2. The van der Waals surface area contributed by atoms with E-state index in [2.05, 4.69) is 0 Å². The second kappa shape index (κ2) is 8.26. The third-order valence-electron chi connectivity index (χ3n) is 3.17. The number of carbonyl (C=O) groups excluding carboxylic acids is 2. The Balaban J connectivity index is 2.95. The molecule has 1 unspecified atom stereocenters. The Hall–Kier alpha value is -2.08. The molecule has 1 atom stereocenters. The van der Waals surface area contributed by atoms with Crippen LogP contribution in [0.25, 0.3) is 0 Å². The average molecular weight is 293 g/mol. The Kier molecular flexibility index (Phi) is 6.68. The monoisotopic (exact) mass is 293 g/mol. The normalized spacial score (nSPS) is 12.1. The summed E-state index contributed by atoms with van der Waals surface area (Å²) in [5, 5.41) is 0. The van der Waals surface area contributed by atoms with Crippen molar-refractivity contribution in [3.8, 4) is 0 Å². The molecular weight excluding hydrogens is 270 g/mol. The number of benzene rings is 1. The van der Waals surface area contributed by atoms with E-state index in [-0.39, 0.29) is 12.5 Å². The van der Waals surface area contributed by atoms with Crippen LogP contribution in [0.1, 0.15) is 25.8 Å². The number of esters is 1. The number of nitrogen functional groups attached to an aromatic ring is 1. The molecule has 1 rings (SSSR count). The first kappa shape index (κ1) is 17.0. The maximum absolute atomic E-state index is 12.0. The van der Waals surface area contributed by atoms with Crippen molar-refractivity contribution in [3.05, 3.63) is 29.8 Å². The molecule has 6 heteroatoms. The summed E-state index contributed by atoms with van der Waals surface area (Å²) < 4.78 is 5.06. The van der Waals surface area contributed by atoms with E-state index < -0.39 is 11.9 Å². The zero-order valence-electron chi connectivity index (χ0n) is 12.5. The second-order valence-electron chi connectivity index (χ2n) is 4.75. The highest BCUT2D eigenvalue weighted by Gasteiger charge is 2.27. The Morgan fingerprint density at radius 3 is 2.48 bits per heavy atom. The molecule has 0 radical (unpaired) electrons. The number of nitrogens with zero attached hydrogens (tertiary/aromatic N) is 1. The molecule has 0 fully saturated rings. The molecule has 0 aromatic heterocycles. The molecule has 0 heterocycles. The van der Waals surface area contributed by atoms with Gasteiger partial charge in [0.1, 0.15) is 6.04 Å². The Morgan fingerprint density at radius 1 is 1.29 bits per heavy atom. The largest absolute Gasteiger partial charge is 0.465 e. The first-order valence-corrected chi connectivity index (χ1v) is 7.01. The van der Waals surface area contributed by atoms with Gasteiger partial charge in [-0.3, -0.25) is 14.5 Å². The minimum Gasteiger partial charge on any atom is -0.465 e. The van der Waals surface area contributed by atoms with Crippen molar-refractivity contribution >= 4 is 17.6 Å². The molecule has 0 aliphatic rings. The minimum absolute atomic E-state index is 0.0222. The highest BCUT2D eigenvalue weighted by molar-refractivity contribution is 5.79. The van der Waals surface area contributed by atoms with E-state index in [4.69, 9.17) is 16.2 Å². The van der Waals surface area contributed by atoms with Crippen LogP contribution >= 0.6 is 0 Å². The van der Waals surface area contributed by atoms with Gasteiger partial charge in [-0.25, -0.2) is 0 Å². The van der Waals surface area contributed by atoms with Gasteiger partial charge in [-0.05, 0) is 25.0 Å². The molecule has 0 spiro atoms. The zero-order chi connectivity index (χ0) is 15.8. The molecule has 1 aromatic rings. The summed E-state index contributed by atoms with van der Waals surface area (Å²) in [5.74, 6) is -0.844. The van der Waals surface area contributed by atoms with Gasteiger partial charge in [0.2, 0.25) is 5.91 Å². The number of para-hydroxylation sites is 1. The molecule has 1 amide bonds. The summed E-state index contributed by atoms with van der Waals surface area (Å²) in [5.41, 5.74) is 12.7. The van der Waals surface area contributed by atoms with Crippen LogP contribution in [-0.2, 0) is 20.9 Å². The van der Waals surface area contributed by atoms with Gasteiger partial charge in [-0.15, -0.1) is 0 Å². The molecule has 0 aliphatic heterocycles. The number of primary amides is 1. The second-order valence-corrected chi connectivity index (χ2v) is 4.75. The number of amides is 1. The van der Waals surface area contributed by atoms with Crippen molar-refractivity contribution in [3.63, 3.8) is 0 Å². The van der Waals surface area contributed by atoms with Gasteiger partial charge < -0.3 is 16.2 Å². The predicted molar refractivity (Wildman–Crippen MR) is 81.2 cm³/mol. The van der Waals surface area contributed by atoms with E-state index in [0.717, 1.165) is 5.56 Å². The number of hydrogen-bond donors (Lipinski definition) is 2. The molecule has 0 saturated heterocycles. The fraction of sp³-hybridized carbons (Fsp3) is 0.467. The Labute approximate surface area is 125 Å². The molecule has 0 saturated carbocycles. The number of anilines is 1. The smallest absolute Gasteiger partial charge is 0.323 e. The third-order valence-corrected chi connectivity index (χ3v) is 3.17. The van der Waals surface area contributed by atoms with Crippen molar-refractivity contribution in [2.75, 3.05) is 18.9 Å². The first-order chi connectivity index (χ1) is 9.99. The highest BCUT2D eigenvalue weighted by atomic mass is 16.5. The van der Waals surface area contributed by atoms with Gasteiger partial charge in [-0.2, -0.15) is 0 Å². The maximum Gasteiger partial charge on any atom is 0.323 e. The third kappa shape index (κ3) is 5.07. The summed E-state index contributed by atoms with van der Waals surface area (Å²) >= 11 is 0. The zero-order valence-corrected chi connectivity index (χ0v) is 12.5. The van der Waals surface area contributed by atoms with Gasteiger partial charge in [0.15, 0.2) is 0 Å². The van der Waals surface area contributed by atoms with Gasteiger partial charge in [0.05, 0.1) is 13.2 Å². The maximum atomic E-state index is 12.0. The van der Waals surface area contributed by atoms with Crippen molar-refractivity contribution in [2.45, 2.75) is 32.9 Å². The quantitative estimate of drug-likeness (QED) is 0.548. The lowest BCUT2D eigenvalue weighted by Gasteiger charge is -2.28. The Morgan fingerprint density at radius 2 is 1.95 bits per heavy atom. The molecule has 6 nitrogen and oxygen atoms in total. The van der Waals surface area contributed by atoms with E-state index in [1.54, 1.807) is 17.9 Å². The minimum atomic E-state index is -0.517. The predicted octanol–water partition coefficient (Wildman–Crippen LogP) is 0.898. The van der Waals surface area contributed by atoms with Crippen LogP contribution in [0.4, 0.5) is 5.69 Å². The molecular formula is C15H23N3O3. The van der Waals surface area contributed by atoms with Crippen molar-refractivity contribution in [1.82, 2.24) is 4.90 Å². The summed E-state index contributed by atoms with van der Waals surface area (Å²) in [6.07, 6.45) is 0.527. The topological polar surface area (TPSA) is 98.6 Å². The fourth-order valence-electron chi connectivity index (χ4n) is 2.19. The molecule has 1 aromatic carbocycles. The SMILES string of the molecule is CCOC(=O)C(CC)N(CC(N)=O)Cc1ccccc1N. The van der Waals surface area contributed by atoms with E-state index in [1.165, 1.54) is 0 Å². The van der Waals surface area contributed by atoms with Crippen LogP contribution in [-0.4, -0.2) is 36.0 Å². The van der Waals surface area contributed by atoms with Crippen LogP contribution < -0.4 is 11.5 Å². The van der Waals surface area contributed by atoms with Gasteiger partial charge in [-0.1, -0.05) is 25.1 Å². The lowest BCUT2D eigenvalue weighted by Crippen LogP contribution is -2.45. The summed E-state index contributed by atoms with van der Waals surface area (Å²) in [4.78, 5) is 25.0. The van der Waals surface area contributed by atoms with Crippen LogP contribution in [0.15, 0.2) is 24.3 Å². The van der Waals surface area contributed by atoms with Gasteiger partial charge in [0, 0.05) is 12.2 Å². The van der Waals surface area contributed by atoms with Gasteiger partial charge in [0.25, 0.3) is 0 Å². The fourth-order valence-corrected chi connectivity index (χ4v) is 2.19. The molecule has 21 heavy (non-hydrogen) atoms. The molecule has 0 bridgehead atoms. The summed E-state index contributed by atoms with van der Waals surface area (Å²) in [6, 6.07) is 6.82. The lowest BCUT2D eigenvalue weighted by molar-refractivity contribution is -0.150. The van der Waals surface area contributed by atoms with E-state index in [1.807, 2.05) is 25.1 Å². The number of rotatable bonds is 8.